The number of rotatable bonds is 6. The Hall–Kier alpha value is -3.08. The summed E-state index contributed by atoms with van der Waals surface area (Å²) in [6.07, 6.45) is 0.110. The monoisotopic (exact) mass is 322 g/mol. The molecular weight excluding hydrogens is 304 g/mol. The standard InChI is InChI=1S/C19H18N2O3/c20-18(22)10-11-21(13-14-6-2-1-3-7-14)19(23)17-12-15-8-4-5-9-16(15)24-17/h1-9,12H,10-11,13H2,(H2,20,22). The summed E-state index contributed by atoms with van der Waals surface area (Å²) in [4.78, 5) is 25.5. The van der Waals surface area contributed by atoms with Gasteiger partial charge in [-0.1, -0.05) is 48.5 Å². The molecule has 122 valence electrons. The van der Waals surface area contributed by atoms with Gasteiger partial charge in [-0.3, -0.25) is 9.59 Å². The molecule has 1 heterocycles. The van der Waals surface area contributed by atoms with Crippen molar-refractivity contribution in [2.45, 2.75) is 13.0 Å². The second-order valence-electron chi connectivity index (χ2n) is 5.58. The number of fused-ring (bicyclic) bond motifs is 1. The predicted molar refractivity (Wildman–Crippen MR) is 91.2 cm³/mol. The number of furan rings is 1. The predicted octanol–water partition coefficient (Wildman–Crippen LogP) is 2.95. The molecule has 0 aliphatic heterocycles. The highest BCUT2D eigenvalue weighted by molar-refractivity contribution is 5.96. The molecule has 0 saturated carbocycles. The summed E-state index contributed by atoms with van der Waals surface area (Å²) in [7, 11) is 0. The minimum atomic E-state index is -0.439. The molecule has 2 amide bonds. The average Bonchev–Trinajstić information content (AvgIpc) is 3.03. The molecule has 2 N–H and O–H groups in total. The summed E-state index contributed by atoms with van der Waals surface area (Å²) in [6, 6.07) is 18.8. The third kappa shape index (κ3) is 3.63. The van der Waals surface area contributed by atoms with E-state index in [-0.39, 0.29) is 24.6 Å². The number of carbonyl (C=O) groups excluding carboxylic acids is 2. The Morgan fingerprint density at radius 3 is 2.42 bits per heavy atom. The van der Waals surface area contributed by atoms with Crippen LogP contribution in [-0.2, 0) is 11.3 Å². The van der Waals surface area contributed by atoms with Gasteiger partial charge in [0.05, 0.1) is 0 Å². The van der Waals surface area contributed by atoms with Crippen LogP contribution in [0, 0.1) is 0 Å². The van der Waals surface area contributed by atoms with Gasteiger partial charge >= 0.3 is 0 Å². The van der Waals surface area contributed by atoms with Gasteiger partial charge in [-0.05, 0) is 17.7 Å². The topological polar surface area (TPSA) is 76.5 Å². The minimum absolute atomic E-state index is 0.110. The first-order valence-electron chi connectivity index (χ1n) is 7.73. The average molecular weight is 322 g/mol. The Bertz CT molecular complexity index is 822. The fourth-order valence-electron chi connectivity index (χ4n) is 2.54. The van der Waals surface area contributed by atoms with Gasteiger partial charge in [0.1, 0.15) is 5.58 Å². The van der Waals surface area contributed by atoms with E-state index in [2.05, 4.69) is 0 Å². The van der Waals surface area contributed by atoms with Crippen LogP contribution < -0.4 is 5.73 Å². The lowest BCUT2D eigenvalue weighted by molar-refractivity contribution is -0.118. The fraction of sp³-hybridized carbons (Fsp3) is 0.158. The van der Waals surface area contributed by atoms with Crippen molar-refractivity contribution in [2.75, 3.05) is 6.54 Å². The van der Waals surface area contributed by atoms with Crippen LogP contribution in [0.5, 0.6) is 0 Å². The van der Waals surface area contributed by atoms with Crippen LogP contribution in [0.2, 0.25) is 0 Å². The number of primary amides is 1. The van der Waals surface area contributed by atoms with Gasteiger partial charge in [-0.25, -0.2) is 0 Å². The second kappa shape index (κ2) is 7.00. The molecule has 0 atom stereocenters. The minimum Gasteiger partial charge on any atom is -0.451 e. The van der Waals surface area contributed by atoms with Crippen LogP contribution in [0.4, 0.5) is 0 Å². The molecule has 2 aromatic carbocycles. The summed E-state index contributed by atoms with van der Waals surface area (Å²) in [5.74, 6) is -0.432. The largest absolute Gasteiger partial charge is 0.451 e. The Labute approximate surface area is 139 Å². The highest BCUT2D eigenvalue weighted by atomic mass is 16.3. The molecule has 0 fully saturated rings. The first-order valence-corrected chi connectivity index (χ1v) is 7.73. The first-order chi connectivity index (χ1) is 11.6. The van der Waals surface area contributed by atoms with Crippen molar-refractivity contribution in [1.29, 1.82) is 0 Å². The number of carbonyl (C=O) groups is 2. The molecule has 0 unspecified atom stereocenters. The van der Waals surface area contributed by atoms with E-state index in [0.29, 0.717) is 12.1 Å². The molecular formula is C19H18N2O3. The Morgan fingerprint density at radius 1 is 1.00 bits per heavy atom. The molecule has 24 heavy (non-hydrogen) atoms. The third-order valence-electron chi connectivity index (χ3n) is 3.77. The number of amides is 2. The van der Waals surface area contributed by atoms with Crippen molar-refractivity contribution in [1.82, 2.24) is 4.90 Å². The van der Waals surface area contributed by atoms with Crippen molar-refractivity contribution < 1.29 is 14.0 Å². The number of hydrogen-bond acceptors (Lipinski definition) is 3. The molecule has 1 aromatic heterocycles. The molecule has 0 bridgehead atoms. The maximum atomic E-state index is 12.8. The van der Waals surface area contributed by atoms with Crippen molar-refractivity contribution >= 4 is 22.8 Å². The summed E-state index contributed by atoms with van der Waals surface area (Å²) in [6.45, 7) is 0.643. The van der Waals surface area contributed by atoms with Crippen molar-refractivity contribution in [2.24, 2.45) is 5.73 Å². The molecule has 3 aromatic rings. The number of hydrogen-bond donors (Lipinski definition) is 1. The molecule has 0 saturated heterocycles. The second-order valence-corrected chi connectivity index (χ2v) is 5.58. The van der Waals surface area contributed by atoms with E-state index in [1.54, 1.807) is 11.0 Å². The summed E-state index contributed by atoms with van der Waals surface area (Å²) < 4.78 is 5.65. The lowest BCUT2D eigenvalue weighted by Crippen LogP contribution is -2.33. The van der Waals surface area contributed by atoms with Crippen molar-refractivity contribution in [3.63, 3.8) is 0 Å². The maximum Gasteiger partial charge on any atom is 0.289 e. The van der Waals surface area contributed by atoms with E-state index in [4.69, 9.17) is 10.2 Å². The Morgan fingerprint density at radius 2 is 1.71 bits per heavy atom. The summed E-state index contributed by atoms with van der Waals surface area (Å²) in [5, 5.41) is 0.871. The molecule has 3 rings (SSSR count). The van der Waals surface area contributed by atoms with Crippen LogP contribution >= 0.6 is 0 Å². The van der Waals surface area contributed by atoms with E-state index >= 15 is 0 Å². The van der Waals surface area contributed by atoms with Gasteiger partial charge in [-0.15, -0.1) is 0 Å². The Kier molecular flexibility index (Phi) is 4.61. The smallest absolute Gasteiger partial charge is 0.289 e. The normalized spacial score (nSPS) is 10.7. The van der Waals surface area contributed by atoms with Crippen LogP contribution in [0.1, 0.15) is 22.5 Å². The van der Waals surface area contributed by atoms with Crippen LogP contribution in [0.25, 0.3) is 11.0 Å². The quantitative estimate of drug-likeness (QED) is 0.758. The van der Waals surface area contributed by atoms with Gasteiger partial charge in [-0.2, -0.15) is 0 Å². The summed E-state index contributed by atoms with van der Waals surface area (Å²) in [5.41, 5.74) is 6.87. The first kappa shape index (κ1) is 15.8. The van der Waals surface area contributed by atoms with Gasteiger partial charge in [0.2, 0.25) is 5.91 Å². The zero-order valence-electron chi connectivity index (χ0n) is 13.1. The van der Waals surface area contributed by atoms with Gasteiger partial charge < -0.3 is 15.1 Å². The molecule has 0 spiro atoms. The van der Waals surface area contributed by atoms with E-state index in [1.165, 1.54) is 0 Å². The van der Waals surface area contributed by atoms with Gasteiger partial charge in [0, 0.05) is 24.9 Å². The van der Waals surface area contributed by atoms with E-state index in [9.17, 15) is 9.59 Å². The Balaban J connectivity index is 1.85. The molecule has 5 heteroatoms. The number of para-hydroxylation sites is 1. The lowest BCUT2D eigenvalue weighted by atomic mass is 10.2. The highest BCUT2D eigenvalue weighted by Gasteiger charge is 2.20. The number of nitrogens with zero attached hydrogens (tertiary/aromatic N) is 1. The SMILES string of the molecule is NC(=O)CCN(Cc1ccccc1)C(=O)c1cc2ccccc2o1. The molecule has 0 aliphatic rings. The zero-order valence-corrected chi connectivity index (χ0v) is 13.1. The lowest BCUT2D eigenvalue weighted by Gasteiger charge is -2.21. The fourth-order valence-corrected chi connectivity index (χ4v) is 2.54. The van der Waals surface area contributed by atoms with E-state index in [1.807, 2.05) is 54.6 Å². The number of benzene rings is 2. The van der Waals surface area contributed by atoms with Crippen LogP contribution in [-0.4, -0.2) is 23.3 Å². The van der Waals surface area contributed by atoms with Crippen molar-refractivity contribution in [3.05, 3.63) is 72.0 Å². The van der Waals surface area contributed by atoms with E-state index in [0.717, 1.165) is 10.9 Å². The molecule has 0 aliphatic carbocycles. The maximum absolute atomic E-state index is 12.8. The van der Waals surface area contributed by atoms with Gasteiger partial charge in [0.25, 0.3) is 5.91 Å². The molecule has 0 radical (unpaired) electrons. The van der Waals surface area contributed by atoms with Gasteiger partial charge in [0.15, 0.2) is 5.76 Å². The number of nitrogens with two attached hydrogens (primary N) is 1. The van der Waals surface area contributed by atoms with Crippen LogP contribution in [0.15, 0.2) is 65.1 Å². The zero-order chi connectivity index (χ0) is 16.9. The van der Waals surface area contributed by atoms with E-state index < -0.39 is 5.91 Å². The summed E-state index contributed by atoms with van der Waals surface area (Å²) >= 11 is 0. The highest BCUT2D eigenvalue weighted by Crippen LogP contribution is 2.21. The molecule has 5 nitrogen and oxygen atoms in total. The van der Waals surface area contributed by atoms with Crippen molar-refractivity contribution in [3.8, 4) is 0 Å². The third-order valence-corrected chi connectivity index (χ3v) is 3.77. The van der Waals surface area contributed by atoms with Crippen LogP contribution in [0.3, 0.4) is 0 Å².